The molecule has 0 aromatic heterocycles. The number of anilines is 6. The fourth-order valence-corrected chi connectivity index (χ4v) is 15.2. The van der Waals surface area contributed by atoms with Gasteiger partial charge in [0.05, 0.1) is 5.41 Å². The zero-order valence-electron chi connectivity index (χ0n) is 46.6. The fourth-order valence-electron chi connectivity index (χ4n) is 14.8. The lowest BCUT2D eigenvalue weighted by Crippen LogP contribution is -2.26. The Morgan fingerprint density at radius 2 is 0.494 bits per heavy atom. The molecule has 0 fully saturated rings. The molecule has 12 aromatic carbocycles. The number of fused-ring (bicyclic) bond motifs is 16. The van der Waals surface area contributed by atoms with Crippen molar-refractivity contribution >= 4 is 57.3 Å². The second kappa shape index (κ2) is 18.4. The van der Waals surface area contributed by atoms with E-state index in [1.807, 2.05) is 12.1 Å². The van der Waals surface area contributed by atoms with E-state index in [0.717, 1.165) is 55.3 Å². The lowest BCUT2D eigenvalue weighted by molar-refractivity contribution is 0.660. The molecule has 0 aliphatic heterocycles. The van der Waals surface area contributed by atoms with Gasteiger partial charge in [-0.1, -0.05) is 221 Å². The van der Waals surface area contributed by atoms with E-state index in [2.05, 4.69) is 292 Å². The van der Waals surface area contributed by atoms with E-state index in [4.69, 9.17) is 23.2 Å². The van der Waals surface area contributed by atoms with Crippen LogP contribution in [0.5, 0.6) is 0 Å². The Morgan fingerprint density at radius 1 is 0.229 bits per heavy atom. The quantitative estimate of drug-likeness (QED) is 0.150. The van der Waals surface area contributed by atoms with Gasteiger partial charge in [-0.2, -0.15) is 0 Å². The third kappa shape index (κ3) is 7.36. The van der Waals surface area contributed by atoms with Crippen molar-refractivity contribution in [3.05, 3.63) is 321 Å². The SMILES string of the molecule is CC1(C)c2cc(Cl)ccc2-c2ccc(N(c3ccc(-c4ccc(N(c5ccc(-c6ccccc6)cc5)c5ccc6c(c5)C5(c7ccccc7-c7ccccc75)c5ccccc5-6)cc4)cc3)c3ccc4c(c3)C(C)(C)c3cc(Cl)ccc3-4)cc21. The van der Waals surface area contributed by atoms with Gasteiger partial charge in [0, 0.05) is 55.0 Å². The van der Waals surface area contributed by atoms with Crippen molar-refractivity contribution in [3.8, 4) is 66.8 Å². The summed E-state index contributed by atoms with van der Waals surface area (Å²) in [5.74, 6) is 0. The molecule has 0 amide bonds. The summed E-state index contributed by atoms with van der Waals surface area (Å²) < 4.78 is 0. The lowest BCUT2D eigenvalue weighted by atomic mass is 9.70. The van der Waals surface area contributed by atoms with E-state index < -0.39 is 5.41 Å². The second-order valence-electron chi connectivity index (χ2n) is 23.9. The maximum absolute atomic E-state index is 6.66. The topological polar surface area (TPSA) is 6.48 Å². The molecule has 83 heavy (non-hydrogen) atoms. The van der Waals surface area contributed by atoms with Crippen molar-refractivity contribution in [1.29, 1.82) is 0 Å². The van der Waals surface area contributed by atoms with Gasteiger partial charge in [0.15, 0.2) is 0 Å². The largest absolute Gasteiger partial charge is 0.310 e. The van der Waals surface area contributed by atoms with E-state index >= 15 is 0 Å². The third-order valence-corrected chi connectivity index (χ3v) is 19.3. The summed E-state index contributed by atoms with van der Waals surface area (Å²) in [7, 11) is 0. The molecule has 0 N–H and O–H groups in total. The van der Waals surface area contributed by atoms with Crippen molar-refractivity contribution in [1.82, 2.24) is 0 Å². The Labute approximate surface area is 496 Å². The fraction of sp³-hybridized carbons (Fsp3) is 0.0886. The molecule has 1 spiro atoms. The van der Waals surface area contributed by atoms with Crippen molar-refractivity contribution < 1.29 is 0 Å². The molecule has 0 unspecified atom stereocenters. The zero-order chi connectivity index (χ0) is 55.9. The summed E-state index contributed by atoms with van der Waals surface area (Å²) in [5, 5.41) is 1.52. The molecule has 0 atom stereocenters. The average molecular weight is 1100 g/mol. The predicted octanol–water partition coefficient (Wildman–Crippen LogP) is 22.2. The van der Waals surface area contributed by atoms with Crippen LogP contribution in [0.1, 0.15) is 72.2 Å². The van der Waals surface area contributed by atoms with Crippen molar-refractivity contribution in [2.45, 2.75) is 43.9 Å². The van der Waals surface area contributed by atoms with Crippen LogP contribution in [0.3, 0.4) is 0 Å². The molecule has 0 saturated heterocycles. The monoisotopic (exact) mass is 1100 g/mol. The molecule has 0 bridgehead atoms. The van der Waals surface area contributed by atoms with E-state index in [1.54, 1.807) is 0 Å². The Kier molecular flexibility index (Phi) is 11.0. The molecule has 2 nitrogen and oxygen atoms in total. The predicted molar refractivity (Wildman–Crippen MR) is 348 cm³/mol. The first-order valence-corrected chi connectivity index (χ1v) is 29.5. The summed E-state index contributed by atoms with van der Waals surface area (Å²) in [4.78, 5) is 4.85. The van der Waals surface area contributed by atoms with Crippen molar-refractivity contribution in [2.24, 2.45) is 0 Å². The highest BCUT2D eigenvalue weighted by molar-refractivity contribution is 6.31. The summed E-state index contributed by atoms with van der Waals surface area (Å²) in [6.07, 6.45) is 0. The number of halogens is 2. The van der Waals surface area contributed by atoms with Crippen LogP contribution in [-0.2, 0) is 16.2 Å². The average Bonchev–Trinajstić information content (AvgIpc) is 3.39. The summed E-state index contributed by atoms with van der Waals surface area (Å²) in [6.45, 7) is 9.27. The molecule has 4 aliphatic rings. The van der Waals surface area contributed by atoms with Gasteiger partial charge < -0.3 is 9.80 Å². The first-order valence-electron chi connectivity index (χ1n) is 28.8. The highest BCUT2D eigenvalue weighted by atomic mass is 35.5. The Balaban J connectivity index is 0.796. The van der Waals surface area contributed by atoms with Gasteiger partial charge in [-0.05, 0) is 208 Å². The molecule has 0 heterocycles. The number of rotatable bonds is 8. The molecule has 0 radical (unpaired) electrons. The Morgan fingerprint density at radius 3 is 0.880 bits per heavy atom. The van der Waals surface area contributed by atoms with Gasteiger partial charge in [0.2, 0.25) is 0 Å². The van der Waals surface area contributed by atoms with Gasteiger partial charge in [0.25, 0.3) is 0 Å². The van der Waals surface area contributed by atoms with Crippen LogP contribution in [0.25, 0.3) is 66.8 Å². The molecule has 16 rings (SSSR count). The van der Waals surface area contributed by atoms with Crippen LogP contribution in [0.15, 0.2) is 267 Å². The smallest absolute Gasteiger partial charge is 0.0726 e. The number of hydrogen-bond donors (Lipinski definition) is 0. The van der Waals surface area contributed by atoms with Crippen LogP contribution < -0.4 is 9.80 Å². The molecular weight excluding hydrogens is 1050 g/mol. The first kappa shape index (κ1) is 49.6. The van der Waals surface area contributed by atoms with Crippen LogP contribution in [0, 0.1) is 0 Å². The first-order chi connectivity index (χ1) is 40.5. The molecule has 4 aliphatic carbocycles. The summed E-state index contributed by atoms with van der Waals surface area (Å²) >= 11 is 13.3. The minimum absolute atomic E-state index is 0.238. The molecular formula is C79H56Cl2N2. The second-order valence-corrected chi connectivity index (χ2v) is 24.8. The number of benzene rings is 12. The number of hydrogen-bond acceptors (Lipinski definition) is 2. The van der Waals surface area contributed by atoms with Gasteiger partial charge in [0.1, 0.15) is 0 Å². The third-order valence-electron chi connectivity index (χ3n) is 18.8. The lowest BCUT2D eigenvalue weighted by Gasteiger charge is -2.32. The van der Waals surface area contributed by atoms with Gasteiger partial charge in [-0.25, -0.2) is 0 Å². The van der Waals surface area contributed by atoms with Gasteiger partial charge in [-0.3, -0.25) is 0 Å². The maximum Gasteiger partial charge on any atom is 0.0726 e. The molecule has 0 saturated carbocycles. The normalized spacial score (nSPS) is 14.4. The maximum atomic E-state index is 6.66. The van der Waals surface area contributed by atoms with E-state index in [9.17, 15) is 0 Å². The van der Waals surface area contributed by atoms with Crippen LogP contribution in [-0.4, -0.2) is 0 Å². The van der Waals surface area contributed by atoms with Crippen LogP contribution in [0.4, 0.5) is 34.1 Å². The minimum Gasteiger partial charge on any atom is -0.310 e. The minimum atomic E-state index is -0.459. The van der Waals surface area contributed by atoms with Crippen molar-refractivity contribution in [2.75, 3.05) is 9.80 Å². The number of nitrogens with zero attached hydrogens (tertiary/aromatic N) is 2. The molecule has 396 valence electrons. The zero-order valence-corrected chi connectivity index (χ0v) is 48.1. The van der Waals surface area contributed by atoms with Crippen LogP contribution in [0.2, 0.25) is 10.0 Å². The van der Waals surface area contributed by atoms with E-state index in [0.29, 0.717) is 0 Å². The Hall–Kier alpha value is -9.18. The van der Waals surface area contributed by atoms with E-state index in [-0.39, 0.29) is 10.8 Å². The van der Waals surface area contributed by atoms with Gasteiger partial charge in [-0.15, -0.1) is 0 Å². The standard InChI is InChI=1S/C79H56Cl2N2/c1-77(2)72-44-53(80)28-39-64(72)66-41-36-58(46-74(66)77)83(59-37-42-67-65-40-29-54(81)45-73(65)78(3,4)75(67)47-59)57-34-26-52(27-35-57)51-24-32-56(33-25-51)82(55-30-22-50(23-31-55)49-14-6-5-7-15-49)60-38-43-68-63-18-10-13-21-71(63)79(76(68)48-60)69-19-11-8-16-61(69)62-17-9-12-20-70(62)79/h5-48H,1-4H3. The van der Waals surface area contributed by atoms with E-state index in [1.165, 1.54) is 100 Å². The summed E-state index contributed by atoms with van der Waals surface area (Å²) in [5.41, 5.74) is 30.8. The highest BCUT2D eigenvalue weighted by Gasteiger charge is 2.52. The highest BCUT2D eigenvalue weighted by Crippen LogP contribution is 2.64. The molecule has 12 aromatic rings. The Bertz CT molecular complexity index is 4450. The summed E-state index contributed by atoms with van der Waals surface area (Å²) in [6, 6.07) is 98.8. The molecule has 4 heteroatoms. The van der Waals surface area contributed by atoms with Crippen LogP contribution >= 0.6 is 23.2 Å². The van der Waals surface area contributed by atoms with Crippen molar-refractivity contribution in [3.63, 3.8) is 0 Å². The van der Waals surface area contributed by atoms with Gasteiger partial charge >= 0.3 is 0 Å².